The van der Waals surface area contributed by atoms with E-state index in [4.69, 9.17) is 0 Å². The number of hydrogen-bond acceptors (Lipinski definition) is 4. The molecule has 1 fully saturated rings. The van der Waals surface area contributed by atoms with Gasteiger partial charge in [0.2, 0.25) is 11.8 Å². The molecular formula is C22H21FN4O2S. The third kappa shape index (κ3) is 4.23. The van der Waals surface area contributed by atoms with Crippen molar-refractivity contribution >= 4 is 45.3 Å². The SMILES string of the molecule is CN=C1S[C@H](CC(=O)Nc2ccccc2)C(=O)N1CCc1c[nH]c2cc(F)ccc12. The van der Waals surface area contributed by atoms with Gasteiger partial charge < -0.3 is 10.3 Å². The van der Waals surface area contributed by atoms with Crippen molar-refractivity contribution in [3.8, 4) is 0 Å². The van der Waals surface area contributed by atoms with Crippen molar-refractivity contribution in [3.05, 3.63) is 66.1 Å². The van der Waals surface area contributed by atoms with Gasteiger partial charge in [-0.25, -0.2) is 4.39 Å². The number of anilines is 1. The molecule has 2 N–H and O–H groups in total. The normalized spacial score (nSPS) is 17.8. The summed E-state index contributed by atoms with van der Waals surface area (Å²) in [5, 5.41) is 3.87. The second kappa shape index (κ2) is 8.71. The lowest BCUT2D eigenvalue weighted by atomic mass is 10.1. The van der Waals surface area contributed by atoms with Gasteiger partial charge in [-0.15, -0.1) is 0 Å². The Morgan fingerprint density at radius 3 is 2.83 bits per heavy atom. The van der Waals surface area contributed by atoms with E-state index in [0.29, 0.717) is 23.8 Å². The Morgan fingerprint density at radius 1 is 1.27 bits per heavy atom. The highest BCUT2D eigenvalue weighted by molar-refractivity contribution is 8.15. The largest absolute Gasteiger partial charge is 0.361 e. The summed E-state index contributed by atoms with van der Waals surface area (Å²) in [6, 6.07) is 13.8. The van der Waals surface area contributed by atoms with Gasteiger partial charge in [0.25, 0.3) is 0 Å². The smallest absolute Gasteiger partial charge is 0.242 e. The van der Waals surface area contributed by atoms with E-state index in [1.54, 1.807) is 30.1 Å². The van der Waals surface area contributed by atoms with Gasteiger partial charge in [-0.05, 0) is 42.3 Å². The number of H-pyrrole nitrogens is 1. The van der Waals surface area contributed by atoms with E-state index in [9.17, 15) is 14.0 Å². The van der Waals surface area contributed by atoms with Crippen molar-refractivity contribution in [3.63, 3.8) is 0 Å². The fraction of sp³-hybridized carbons (Fsp3) is 0.227. The number of amides is 2. The van der Waals surface area contributed by atoms with Crippen molar-refractivity contribution in [2.45, 2.75) is 18.1 Å². The van der Waals surface area contributed by atoms with Gasteiger partial charge in [0.1, 0.15) is 11.1 Å². The number of carbonyl (C=O) groups excluding carboxylic acids is 2. The number of aromatic amines is 1. The van der Waals surface area contributed by atoms with Crippen molar-refractivity contribution in [2.24, 2.45) is 4.99 Å². The van der Waals surface area contributed by atoms with E-state index >= 15 is 0 Å². The van der Waals surface area contributed by atoms with Gasteiger partial charge in [0.15, 0.2) is 5.17 Å². The molecule has 6 nitrogen and oxygen atoms in total. The highest BCUT2D eigenvalue weighted by atomic mass is 32.2. The van der Waals surface area contributed by atoms with Gasteiger partial charge in [0.05, 0.1) is 0 Å². The number of para-hydroxylation sites is 1. The molecule has 4 rings (SSSR count). The zero-order chi connectivity index (χ0) is 21.1. The number of amidine groups is 1. The number of carbonyl (C=O) groups is 2. The zero-order valence-corrected chi connectivity index (χ0v) is 17.2. The first-order valence-electron chi connectivity index (χ1n) is 9.60. The predicted molar refractivity (Wildman–Crippen MR) is 118 cm³/mol. The molecule has 0 unspecified atom stereocenters. The minimum absolute atomic E-state index is 0.0836. The Labute approximate surface area is 177 Å². The number of aromatic nitrogens is 1. The zero-order valence-electron chi connectivity index (χ0n) is 16.4. The summed E-state index contributed by atoms with van der Waals surface area (Å²) in [5.41, 5.74) is 2.44. The standard InChI is InChI=1S/C22H21FN4O2S/c1-24-22-27(10-9-14-13-25-18-11-15(23)7-8-17(14)18)21(29)19(30-22)12-20(28)26-16-5-3-2-4-6-16/h2-8,11,13,19,25H,9-10,12H2,1H3,(H,26,28)/t19-/m1/s1. The molecule has 1 aliphatic rings. The van der Waals surface area contributed by atoms with Crippen LogP contribution in [0.4, 0.5) is 10.1 Å². The molecule has 2 amide bonds. The second-order valence-corrected chi connectivity index (χ2v) is 8.14. The molecule has 1 aromatic heterocycles. The average molecular weight is 425 g/mol. The van der Waals surface area contributed by atoms with Crippen molar-refractivity contribution < 1.29 is 14.0 Å². The molecule has 0 spiro atoms. The van der Waals surface area contributed by atoms with Crippen LogP contribution >= 0.6 is 11.8 Å². The van der Waals surface area contributed by atoms with Gasteiger partial charge in [-0.1, -0.05) is 30.0 Å². The number of nitrogens with zero attached hydrogens (tertiary/aromatic N) is 2. The van der Waals surface area contributed by atoms with Crippen molar-refractivity contribution in [1.29, 1.82) is 0 Å². The first kappa shape index (κ1) is 20.2. The summed E-state index contributed by atoms with van der Waals surface area (Å²) in [6.45, 7) is 0.444. The fourth-order valence-electron chi connectivity index (χ4n) is 3.52. The summed E-state index contributed by atoms with van der Waals surface area (Å²) in [5.74, 6) is -0.614. The summed E-state index contributed by atoms with van der Waals surface area (Å²) in [6.07, 6.45) is 2.52. The number of fused-ring (bicyclic) bond motifs is 1. The predicted octanol–water partition coefficient (Wildman–Crippen LogP) is 3.81. The van der Waals surface area contributed by atoms with Gasteiger partial charge in [-0.2, -0.15) is 0 Å². The van der Waals surface area contributed by atoms with E-state index in [1.807, 2.05) is 24.4 Å². The molecule has 3 aromatic rings. The molecule has 0 radical (unpaired) electrons. The Hall–Kier alpha value is -3.13. The van der Waals surface area contributed by atoms with Crippen LogP contribution in [0.2, 0.25) is 0 Å². The van der Waals surface area contributed by atoms with Crippen LogP contribution in [0.25, 0.3) is 10.9 Å². The highest BCUT2D eigenvalue weighted by Crippen LogP contribution is 2.30. The number of benzene rings is 2. The molecule has 1 aliphatic heterocycles. The Morgan fingerprint density at radius 2 is 2.07 bits per heavy atom. The summed E-state index contributed by atoms with van der Waals surface area (Å²) in [4.78, 5) is 34.2. The van der Waals surface area contributed by atoms with Gasteiger partial charge >= 0.3 is 0 Å². The maximum absolute atomic E-state index is 13.4. The Bertz CT molecular complexity index is 1110. The third-order valence-corrected chi connectivity index (χ3v) is 6.24. The summed E-state index contributed by atoms with van der Waals surface area (Å²) in [7, 11) is 1.64. The minimum atomic E-state index is -0.496. The van der Waals surface area contributed by atoms with Gasteiger partial charge in [-0.3, -0.25) is 19.5 Å². The molecule has 1 saturated heterocycles. The van der Waals surface area contributed by atoms with Crippen LogP contribution in [-0.4, -0.2) is 45.7 Å². The van der Waals surface area contributed by atoms with Crippen LogP contribution in [0.1, 0.15) is 12.0 Å². The third-order valence-electron chi connectivity index (χ3n) is 4.97. The molecule has 8 heteroatoms. The molecule has 154 valence electrons. The summed E-state index contributed by atoms with van der Waals surface area (Å²) >= 11 is 1.32. The Kier molecular flexibility index (Phi) is 5.85. The van der Waals surface area contributed by atoms with Crippen LogP contribution in [-0.2, 0) is 16.0 Å². The minimum Gasteiger partial charge on any atom is -0.361 e. The topological polar surface area (TPSA) is 77.6 Å². The lowest BCUT2D eigenvalue weighted by Gasteiger charge is -2.16. The molecule has 0 aliphatic carbocycles. The lowest BCUT2D eigenvalue weighted by molar-refractivity contribution is -0.128. The van der Waals surface area contributed by atoms with Crippen LogP contribution in [0, 0.1) is 5.82 Å². The number of thioether (sulfide) groups is 1. The van der Waals surface area contributed by atoms with Crippen molar-refractivity contribution in [1.82, 2.24) is 9.88 Å². The van der Waals surface area contributed by atoms with E-state index in [0.717, 1.165) is 16.5 Å². The number of hydrogen-bond donors (Lipinski definition) is 2. The number of aliphatic imine (C=N–C) groups is 1. The van der Waals surface area contributed by atoms with E-state index in [2.05, 4.69) is 15.3 Å². The number of halogens is 1. The monoisotopic (exact) mass is 424 g/mol. The molecular weight excluding hydrogens is 403 g/mol. The molecule has 2 aromatic carbocycles. The first-order chi connectivity index (χ1) is 14.5. The number of nitrogens with one attached hydrogen (secondary N) is 2. The maximum Gasteiger partial charge on any atom is 0.242 e. The van der Waals surface area contributed by atoms with Gasteiger partial charge in [0, 0.05) is 42.8 Å². The van der Waals surface area contributed by atoms with Crippen LogP contribution < -0.4 is 5.32 Å². The second-order valence-electron chi connectivity index (χ2n) is 6.97. The van der Waals surface area contributed by atoms with E-state index in [1.165, 1.54) is 23.9 Å². The first-order valence-corrected chi connectivity index (χ1v) is 10.5. The number of rotatable bonds is 6. The molecule has 0 saturated carbocycles. The maximum atomic E-state index is 13.4. The van der Waals surface area contributed by atoms with Crippen LogP contribution in [0.15, 0.2) is 59.7 Å². The van der Waals surface area contributed by atoms with Crippen molar-refractivity contribution in [2.75, 3.05) is 18.9 Å². The molecule has 1 atom stereocenters. The highest BCUT2D eigenvalue weighted by Gasteiger charge is 2.38. The van der Waals surface area contributed by atoms with Crippen LogP contribution in [0.5, 0.6) is 0 Å². The fourth-order valence-corrected chi connectivity index (χ4v) is 4.65. The Balaban J connectivity index is 1.41. The summed E-state index contributed by atoms with van der Waals surface area (Å²) < 4.78 is 13.4. The van der Waals surface area contributed by atoms with E-state index in [-0.39, 0.29) is 24.1 Å². The molecule has 30 heavy (non-hydrogen) atoms. The quantitative estimate of drug-likeness (QED) is 0.632. The average Bonchev–Trinajstić information content (AvgIpc) is 3.27. The lowest BCUT2D eigenvalue weighted by Crippen LogP contribution is -2.35. The van der Waals surface area contributed by atoms with E-state index < -0.39 is 5.25 Å². The van der Waals surface area contributed by atoms with Crippen LogP contribution in [0.3, 0.4) is 0 Å². The molecule has 2 heterocycles. The molecule has 0 bridgehead atoms.